The van der Waals surface area contributed by atoms with E-state index in [9.17, 15) is 0 Å². The van der Waals surface area contributed by atoms with E-state index >= 15 is 0 Å². The summed E-state index contributed by atoms with van der Waals surface area (Å²) >= 11 is 0. The Kier molecular flexibility index (Phi) is 6.12. The minimum Gasteiger partial charge on any atom is -0.356 e. The van der Waals surface area contributed by atoms with Gasteiger partial charge in [0.05, 0.1) is 0 Å². The van der Waals surface area contributed by atoms with Gasteiger partial charge in [0.25, 0.3) is 0 Å². The molecule has 2 aliphatic rings. The third-order valence-electron chi connectivity index (χ3n) is 6.66. The number of fused-ring (bicyclic) bond motifs is 1. The summed E-state index contributed by atoms with van der Waals surface area (Å²) in [6, 6.07) is 4.52. The summed E-state index contributed by atoms with van der Waals surface area (Å²) in [5.41, 5.74) is 9.25. The van der Waals surface area contributed by atoms with E-state index in [2.05, 4.69) is 62.6 Å². The van der Waals surface area contributed by atoms with Gasteiger partial charge in [0.1, 0.15) is 5.82 Å². The molecule has 160 valence electrons. The Bertz CT molecular complexity index is 937. The van der Waals surface area contributed by atoms with E-state index in [1.807, 2.05) is 0 Å². The number of anilines is 3. The molecule has 0 fully saturated rings. The van der Waals surface area contributed by atoms with Crippen LogP contribution >= 0.6 is 0 Å². The summed E-state index contributed by atoms with van der Waals surface area (Å²) in [5.74, 6) is 2.00. The van der Waals surface area contributed by atoms with Gasteiger partial charge in [0.15, 0.2) is 0 Å². The minimum absolute atomic E-state index is 0.840. The van der Waals surface area contributed by atoms with Crippen molar-refractivity contribution in [2.24, 2.45) is 0 Å². The smallest absolute Gasteiger partial charge is 0.232 e. The Labute approximate surface area is 182 Å². The molecule has 4 rings (SSSR count). The van der Waals surface area contributed by atoms with Gasteiger partial charge >= 0.3 is 0 Å². The molecule has 1 aromatic heterocycles. The van der Waals surface area contributed by atoms with Crippen LogP contribution in [0.3, 0.4) is 0 Å². The molecule has 0 spiro atoms. The highest BCUT2D eigenvalue weighted by molar-refractivity contribution is 5.68. The van der Waals surface area contributed by atoms with E-state index in [1.54, 1.807) is 5.57 Å². The zero-order valence-corrected chi connectivity index (χ0v) is 19.4. The summed E-state index contributed by atoms with van der Waals surface area (Å²) in [4.78, 5) is 14.9. The molecule has 1 aliphatic carbocycles. The summed E-state index contributed by atoms with van der Waals surface area (Å²) in [6.07, 6.45) is 9.97. The Balaban J connectivity index is 1.64. The van der Waals surface area contributed by atoms with Gasteiger partial charge in [-0.25, -0.2) is 4.98 Å². The Morgan fingerprint density at radius 2 is 1.77 bits per heavy atom. The van der Waals surface area contributed by atoms with Gasteiger partial charge in [-0.1, -0.05) is 29.3 Å². The summed E-state index contributed by atoms with van der Waals surface area (Å²) in [7, 11) is 0. The van der Waals surface area contributed by atoms with Gasteiger partial charge in [-0.2, -0.15) is 4.98 Å². The first-order valence-corrected chi connectivity index (χ1v) is 11.6. The molecule has 0 saturated carbocycles. The number of hydrogen-bond acceptors (Lipinski definition) is 4. The average molecular weight is 405 g/mol. The number of rotatable bonds is 6. The van der Waals surface area contributed by atoms with Crippen molar-refractivity contribution in [3.63, 3.8) is 0 Å². The number of aromatic nitrogens is 2. The van der Waals surface area contributed by atoms with Crippen LogP contribution in [0, 0.1) is 27.7 Å². The minimum atomic E-state index is 0.840. The molecule has 0 saturated heterocycles. The lowest BCUT2D eigenvalue weighted by Crippen LogP contribution is -2.25. The normalized spacial score (nSPS) is 15.9. The zero-order chi connectivity index (χ0) is 21.3. The average Bonchev–Trinajstić information content (AvgIpc) is 3.13. The van der Waals surface area contributed by atoms with E-state index < -0.39 is 0 Å². The third-order valence-corrected chi connectivity index (χ3v) is 6.66. The monoisotopic (exact) mass is 404 g/mol. The van der Waals surface area contributed by atoms with Crippen LogP contribution in [0.2, 0.25) is 0 Å². The maximum atomic E-state index is 5.13. The van der Waals surface area contributed by atoms with Crippen molar-refractivity contribution in [3.8, 4) is 0 Å². The topological polar surface area (TPSA) is 32.3 Å². The van der Waals surface area contributed by atoms with Crippen LogP contribution in [0.1, 0.15) is 67.0 Å². The maximum absolute atomic E-state index is 5.13. The maximum Gasteiger partial charge on any atom is 0.232 e. The van der Waals surface area contributed by atoms with Crippen LogP contribution in [0.4, 0.5) is 17.5 Å². The van der Waals surface area contributed by atoms with Crippen molar-refractivity contribution in [2.75, 3.05) is 29.4 Å². The number of hydrogen-bond donors (Lipinski definition) is 0. The van der Waals surface area contributed by atoms with Crippen LogP contribution in [-0.4, -0.2) is 29.6 Å². The fourth-order valence-corrected chi connectivity index (χ4v) is 5.22. The van der Waals surface area contributed by atoms with E-state index in [1.165, 1.54) is 60.0 Å². The van der Waals surface area contributed by atoms with E-state index in [4.69, 9.17) is 9.97 Å². The van der Waals surface area contributed by atoms with Crippen molar-refractivity contribution in [1.29, 1.82) is 0 Å². The second kappa shape index (κ2) is 8.79. The molecule has 4 heteroatoms. The van der Waals surface area contributed by atoms with Crippen LogP contribution in [0.5, 0.6) is 0 Å². The highest BCUT2D eigenvalue weighted by atomic mass is 15.3. The molecule has 2 aromatic rings. The number of aryl methyl sites for hydroxylation is 4. The SMILES string of the molecule is CCN(c1nc(C)c2c(n1)N(CCC1=CCCCC1)CC2)c1c(C)cc(C)cc1C. The molecular formula is C26H36N4. The lowest BCUT2D eigenvalue weighted by atomic mass is 9.97. The lowest BCUT2D eigenvalue weighted by Gasteiger charge is -2.27. The van der Waals surface area contributed by atoms with E-state index in [-0.39, 0.29) is 0 Å². The quantitative estimate of drug-likeness (QED) is 0.543. The van der Waals surface area contributed by atoms with Crippen molar-refractivity contribution in [3.05, 3.63) is 51.7 Å². The summed E-state index contributed by atoms with van der Waals surface area (Å²) < 4.78 is 0. The highest BCUT2D eigenvalue weighted by Crippen LogP contribution is 2.35. The largest absolute Gasteiger partial charge is 0.356 e. The van der Waals surface area contributed by atoms with Gasteiger partial charge in [0.2, 0.25) is 5.95 Å². The number of nitrogens with zero attached hydrogens (tertiary/aromatic N) is 4. The molecule has 0 atom stereocenters. The molecule has 1 aromatic carbocycles. The number of benzene rings is 1. The van der Waals surface area contributed by atoms with E-state index in [0.717, 1.165) is 43.5 Å². The van der Waals surface area contributed by atoms with Crippen molar-refractivity contribution >= 4 is 17.5 Å². The van der Waals surface area contributed by atoms with Gasteiger partial charge < -0.3 is 9.80 Å². The Morgan fingerprint density at radius 1 is 1.00 bits per heavy atom. The summed E-state index contributed by atoms with van der Waals surface area (Å²) in [6.45, 7) is 13.9. The van der Waals surface area contributed by atoms with Crippen LogP contribution < -0.4 is 9.80 Å². The first-order valence-electron chi connectivity index (χ1n) is 11.6. The van der Waals surface area contributed by atoms with E-state index in [0.29, 0.717) is 0 Å². The molecule has 0 N–H and O–H groups in total. The molecule has 1 aliphatic heterocycles. The second-order valence-electron chi connectivity index (χ2n) is 9.00. The van der Waals surface area contributed by atoms with Crippen molar-refractivity contribution in [2.45, 2.75) is 73.1 Å². The highest BCUT2D eigenvalue weighted by Gasteiger charge is 2.26. The van der Waals surface area contributed by atoms with Crippen LogP contribution in [0.15, 0.2) is 23.8 Å². The van der Waals surface area contributed by atoms with Gasteiger partial charge in [0, 0.05) is 36.6 Å². The van der Waals surface area contributed by atoms with Gasteiger partial charge in [-0.15, -0.1) is 0 Å². The van der Waals surface area contributed by atoms with Gasteiger partial charge in [-0.05, 0) is 84.3 Å². The molecule has 30 heavy (non-hydrogen) atoms. The third kappa shape index (κ3) is 4.10. The van der Waals surface area contributed by atoms with Crippen LogP contribution in [-0.2, 0) is 6.42 Å². The molecule has 0 bridgehead atoms. The standard InChI is InChI=1S/C26H36N4/c1-6-30(24-19(3)16-18(2)17-20(24)4)26-27-21(5)23-13-15-29(25(23)28-26)14-12-22-10-8-7-9-11-22/h10,16-17H,6-9,11-15H2,1-5H3. The predicted molar refractivity (Wildman–Crippen MR) is 127 cm³/mol. The molecular weight excluding hydrogens is 368 g/mol. The Morgan fingerprint density at radius 3 is 2.43 bits per heavy atom. The molecule has 0 unspecified atom stereocenters. The molecule has 0 amide bonds. The number of allylic oxidation sites excluding steroid dienone is 1. The van der Waals surface area contributed by atoms with Crippen molar-refractivity contribution < 1.29 is 0 Å². The second-order valence-corrected chi connectivity index (χ2v) is 9.00. The molecule has 2 heterocycles. The first kappa shape index (κ1) is 20.9. The first-order chi connectivity index (χ1) is 14.5. The van der Waals surface area contributed by atoms with Gasteiger partial charge in [-0.3, -0.25) is 0 Å². The Hall–Kier alpha value is -2.36. The molecule has 0 radical (unpaired) electrons. The lowest BCUT2D eigenvalue weighted by molar-refractivity contribution is 0.666. The molecule has 4 nitrogen and oxygen atoms in total. The van der Waals surface area contributed by atoms with Crippen molar-refractivity contribution in [1.82, 2.24) is 9.97 Å². The zero-order valence-electron chi connectivity index (χ0n) is 19.4. The van der Waals surface area contributed by atoms with Crippen LogP contribution in [0.25, 0.3) is 0 Å². The summed E-state index contributed by atoms with van der Waals surface area (Å²) in [5, 5.41) is 0. The fraction of sp³-hybridized carbons (Fsp3) is 0.538. The fourth-order valence-electron chi connectivity index (χ4n) is 5.22. The predicted octanol–water partition coefficient (Wildman–Crippen LogP) is 6.12.